The molecule has 0 N–H and O–H groups in total. The number of rotatable bonds is 8. The lowest BCUT2D eigenvalue weighted by molar-refractivity contribution is 0.267. The smallest absolute Gasteiger partial charge is 0.0885 e. The Morgan fingerprint density at radius 3 is 2.33 bits per heavy atom. The monoisotopic (exact) mass is 352 g/mol. The van der Waals surface area contributed by atoms with E-state index in [0.29, 0.717) is 5.92 Å². The van der Waals surface area contributed by atoms with Gasteiger partial charge in [0.25, 0.3) is 0 Å². The third-order valence-corrected chi connectivity index (χ3v) is 5.52. The third kappa shape index (κ3) is 8.72. The molecule has 1 aliphatic rings. The number of hydrogen-bond donors (Lipinski definition) is 0. The molecule has 0 heterocycles. The van der Waals surface area contributed by atoms with Gasteiger partial charge in [-0.2, -0.15) is 0 Å². The van der Waals surface area contributed by atoms with E-state index in [-0.39, 0.29) is 5.92 Å². The fraction of sp³-hybridized carbons (Fsp3) is 0.889. The van der Waals surface area contributed by atoms with Crippen LogP contribution in [0.25, 0.3) is 0 Å². The normalized spacial score (nSPS) is 21.8. The molecular weight excluding hydrogens is 323 g/mol. The number of hydrogen-bond acceptors (Lipinski definition) is 0. The van der Waals surface area contributed by atoms with Gasteiger partial charge in [-0.15, -0.1) is 0 Å². The lowest BCUT2D eigenvalue weighted by Crippen LogP contribution is -2.28. The fourth-order valence-corrected chi connectivity index (χ4v) is 4.26. The highest BCUT2D eigenvalue weighted by molar-refractivity contribution is 6.67. The van der Waals surface area contributed by atoms with Crippen molar-refractivity contribution in [2.75, 3.05) is 0 Å². The molecule has 0 radical (unpaired) electrons. The molecule has 2 atom stereocenters. The van der Waals surface area contributed by atoms with Crippen molar-refractivity contribution < 1.29 is 0 Å². The maximum atomic E-state index is 6.30. The predicted molar refractivity (Wildman–Crippen MR) is 97.5 cm³/mol. The Bertz CT molecular complexity index is 281. The van der Waals surface area contributed by atoms with Crippen LogP contribution in [0.1, 0.15) is 84.0 Å². The van der Waals surface area contributed by atoms with Gasteiger partial charge in [-0.3, -0.25) is 0 Å². The third-order valence-electron chi connectivity index (χ3n) is 4.67. The summed E-state index contributed by atoms with van der Waals surface area (Å²) >= 11 is 18.9. The Labute approximate surface area is 146 Å². The highest BCUT2D eigenvalue weighted by Crippen LogP contribution is 2.45. The van der Waals surface area contributed by atoms with E-state index in [4.69, 9.17) is 34.8 Å². The van der Waals surface area contributed by atoms with Crippen LogP contribution in [0.5, 0.6) is 0 Å². The summed E-state index contributed by atoms with van der Waals surface area (Å²) in [5.74, 6) is 0.790. The van der Waals surface area contributed by atoms with Crippen molar-refractivity contribution in [3.8, 4) is 0 Å². The predicted octanol–water partition coefficient (Wildman–Crippen LogP) is 7.86. The van der Waals surface area contributed by atoms with Crippen molar-refractivity contribution >= 4 is 34.8 Å². The van der Waals surface area contributed by atoms with Gasteiger partial charge in [0, 0.05) is 5.92 Å². The van der Waals surface area contributed by atoms with E-state index in [9.17, 15) is 0 Å². The quantitative estimate of drug-likeness (QED) is 0.236. The highest BCUT2D eigenvalue weighted by atomic mass is 35.6. The summed E-state index contributed by atoms with van der Waals surface area (Å²) in [7, 11) is 0. The Hall–Kier alpha value is 0.610. The van der Waals surface area contributed by atoms with Crippen LogP contribution in [-0.2, 0) is 0 Å². The summed E-state index contributed by atoms with van der Waals surface area (Å²) in [6, 6.07) is 0. The summed E-state index contributed by atoms with van der Waals surface area (Å²) in [6.07, 6.45) is 19.4. The molecule has 124 valence electrons. The Balaban J connectivity index is 2.41. The molecule has 0 saturated carbocycles. The van der Waals surface area contributed by atoms with Crippen LogP contribution in [0.2, 0.25) is 0 Å². The Kier molecular flexibility index (Phi) is 10.5. The van der Waals surface area contributed by atoms with Crippen molar-refractivity contribution in [1.82, 2.24) is 0 Å². The van der Waals surface area contributed by atoms with E-state index >= 15 is 0 Å². The molecule has 2 unspecified atom stereocenters. The van der Waals surface area contributed by atoms with Crippen molar-refractivity contribution in [3.63, 3.8) is 0 Å². The summed E-state index contributed by atoms with van der Waals surface area (Å²) in [4.78, 5) is 0. The van der Waals surface area contributed by atoms with Crippen LogP contribution in [-0.4, -0.2) is 3.79 Å². The molecule has 0 aromatic rings. The fourth-order valence-electron chi connectivity index (χ4n) is 3.40. The zero-order valence-electron chi connectivity index (χ0n) is 13.4. The molecule has 0 amide bonds. The van der Waals surface area contributed by atoms with E-state index in [0.717, 1.165) is 12.8 Å². The molecule has 0 nitrogen and oxygen atoms in total. The summed E-state index contributed by atoms with van der Waals surface area (Å²) < 4.78 is -1.10. The van der Waals surface area contributed by atoms with Crippen LogP contribution in [0, 0.1) is 11.8 Å². The van der Waals surface area contributed by atoms with Gasteiger partial charge in [0.05, 0.1) is 0 Å². The van der Waals surface area contributed by atoms with E-state index in [1.165, 1.54) is 64.2 Å². The molecule has 0 aromatic carbocycles. The first-order valence-corrected chi connectivity index (χ1v) is 9.90. The van der Waals surface area contributed by atoms with Gasteiger partial charge in [0.2, 0.25) is 0 Å². The standard InChI is InChI=1S/C18H31Cl3/c1-2-3-4-5-9-12-15-17(18(19,20)21)16-13-10-7-6-8-11-14-16/h6-7,16-17H,2-5,8-15H2,1H3. The van der Waals surface area contributed by atoms with Crippen molar-refractivity contribution in [3.05, 3.63) is 12.2 Å². The maximum Gasteiger partial charge on any atom is 0.193 e. The maximum absolute atomic E-state index is 6.30. The van der Waals surface area contributed by atoms with Crippen LogP contribution < -0.4 is 0 Å². The first-order chi connectivity index (χ1) is 10.1. The van der Waals surface area contributed by atoms with Gasteiger partial charge in [0.15, 0.2) is 3.79 Å². The second-order valence-corrected chi connectivity index (χ2v) is 8.81. The second kappa shape index (κ2) is 11.2. The minimum absolute atomic E-state index is 0.222. The molecule has 0 fully saturated rings. The van der Waals surface area contributed by atoms with Crippen molar-refractivity contribution in [2.45, 2.75) is 87.8 Å². The van der Waals surface area contributed by atoms with Gasteiger partial charge in [-0.05, 0) is 44.4 Å². The molecule has 1 aliphatic carbocycles. The second-order valence-electron chi connectivity index (χ2n) is 6.44. The Morgan fingerprint density at radius 1 is 0.952 bits per heavy atom. The largest absolute Gasteiger partial charge is 0.193 e. The lowest BCUT2D eigenvalue weighted by Gasteiger charge is -2.33. The number of alkyl halides is 3. The molecule has 3 heteroatoms. The first kappa shape index (κ1) is 19.7. The van der Waals surface area contributed by atoms with Gasteiger partial charge < -0.3 is 0 Å². The summed E-state index contributed by atoms with van der Waals surface area (Å²) in [5, 5.41) is 0. The zero-order chi connectivity index (χ0) is 15.6. The molecule has 1 rings (SSSR count). The molecule has 0 saturated heterocycles. The highest BCUT2D eigenvalue weighted by Gasteiger charge is 2.37. The minimum atomic E-state index is -1.10. The average molecular weight is 354 g/mol. The Morgan fingerprint density at radius 2 is 1.62 bits per heavy atom. The van der Waals surface area contributed by atoms with Gasteiger partial charge in [-0.25, -0.2) is 0 Å². The topological polar surface area (TPSA) is 0 Å². The summed E-state index contributed by atoms with van der Waals surface area (Å²) in [5.41, 5.74) is 0. The van der Waals surface area contributed by atoms with E-state index in [1.807, 2.05) is 0 Å². The minimum Gasteiger partial charge on any atom is -0.0885 e. The van der Waals surface area contributed by atoms with Crippen molar-refractivity contribution in [2.24, 2.45) is 11.8 Å². The number of unbranched alkanes of at least 4 members (excludes halogenated alkanes) is 5. The van der Waals surface area contributed by atoms with Gasteiger partial charge >= 0.3 is 0 Å². The lowest BCUT2D eigenvalue weighted by atomic mass is 9.81. The van der Waals surface area contributed by atoms with Crippen molar-refractivity contribution in [1.29, 1.82) is 0 Å². The molecule has 0 bridgehead atoms. The van der Waals surface area contributed by atoms with Gasteiger partial charge in [-0.1, -0.05) is 92.4 Å². The van der Waals surface area contributed by atoms with E-state index in [1.54, 1.807) is 0 Å². The number of halogens is 3. The van der Waals surface area contributed by atoms with E-state index < -0.39 is 3.79 Å². The average Bonchev–Trinajstić information content (AvgIpc) is 2.37. The molecule has 0 spiro atoms. The molecule has 21 heavy (non-hydrogen) atoms. The SMILES string of the molecule is CCCCCCCCC(C1CCC=CCCC1)C(Cl)(Cl)Cl. The van der Waals surface area contributed by atoms with Gasteiger partial charge in [0.1, 0.15) is 0 Å². The van der Waals surface area contributed by atoms with E-state index in [2.05, 4.69) is 19.1 Å². The first-order valence-electron chi connectivity index (χ1n) is 8.77. The zero-order valence-corrected chi connectivity index (χ0v) is 15.7. The van der Waals surface area contributed by atoms with Crippen LogP contribution in [0.15, 0.2) is 12.2 Å². The van der Waals surface area contributed by atoms with Crippen LogP contribution in [0.3, 0.4) is 0 Å². The van der Waals surface area contributed by atoms with Crippen LogP contribution >= 0.6 is 34.8 Å². The number of allylic oxidation sites excluding steroid dienone is 2. The molecule has 0 aliphatic heterocycles. The van der Waals surface area contributed by atoms with Crippen LogP contribution in [0.4, 0.5) is 0 Å². The molecular formula is C18H31Cl3. The molecule has 0 aromatic heterocycles. The summed E-state index contributed by atoms with van der Waals surface area (Å²) in [6.45, 7) is 2.25.